The molecule has 2 amide bonds. The summed E-state index contributed by atoms with van der Waals surface area (Å²) in [5.74, 6) is -0.274. The van der Waals surface area contributed by atoms with E-state index in [0.717, 1.165) is 11.4 Å². The van der Waals surface area contributed by atoms with Gasteiger partial charge < -0.3 is 10.2 Å². The van der Waals surface area contributed by atoms with Gasteiger partial charge in [0.05, 0.1) is 16.6 Å². The second-order valence-corrected chi connectivity index (χ2v) is 7.74. The highest BCUT2D eigenvalue weighted by atomic mass is 32.1. The first-order valence-electron chi connectivity index (χ1n) is 7.96. The minimum atomic E-state index is -0.929. The predicted molar refractivity (Wildman–Crippen MR) is 93.2 cm³/mol. The van der Waals surface area contributed by atoms with Gasteiger partial charge in [0.25, 0.3) is 5.91 Å². The minimum absolute atomic E-state index is 0.0646. The van der Waals surface area contributed by atoms with Gasteiger partial charge in [-0.2, -0.15) is 5.10 Å². The van der Waals surface area contributed by atoms with Gasteiger partial charge >= 0.3 is 0 Å². The zero-order chi connectivity index (χ0) is 17.5. The summed E-state index contributed by atoms with van der Waals surface area (Å²) in [4.78, 5) is 27.3. The molecule has 0 spiro atoms. The third kappa shape index (κ3) is 3.08. The Morgan fingerprint density at radius 2 is 2.04 bits per heavy atom. The molecule has 0 aromatic carbocycles. The van der Waals surface area contributed by atoms with Gasteiger partial charge in [-0.3, -0.25) is 14.3 Å². The molecule has 3 heterocycles. The van der Waals surface area contributed by atoms with Crippen LogP contribution in [-0.2, 0) is 4.79 Å². The standard InChI is InChI=1S/C17H22N4O2S/c1-11-8-12(2)21(19-11)13-9-20(10-13)16(23)17(3,4)18-15(22)14-6-5-7-24-14/h5-8,13H,9-10H2,1-4H3,(H,18,22). The lowest BCUT2D eigenvalue weighted by molar-refractivity contribution is -0.143. The van der Waals surface area contributed by atoms with Crippen LogP contribution < -0.4 is 5.32 Å². The molecule has 1 N–H and O–H groups in total. The van der Waals surface area contributed by atoms with Gasteiger partial charge in [-0.1, -0.05) is 6.07 Å². The quantitative estimate of drug-likeness (QED) is 0.922. The van der Waals surface area contributed by atoms with Crippen LogP contribution in [0.4, 0.5) is 0 Å². The Bertz CT molecular complexity index is 758. The van der Waals surface area contributed by atoms with Gasteiger partial charge in [0.1, 0.15) is 5.54 Å². The number of thiophene rings is 1. The molecular formula is C17H22N4O2S. The van der Waals surface area contributed by atoms with Crippen molar-refractivity contribution in [1.29, 1.82) is 0 Å². The molecule has 0 atom stereocenters. The fourth-order valence-electron chi connectivity index (χ4n) is 2.99. The fourth-order valence-corrected chi connectivity index (χ4v) is 3.61. The van der Waals surface area contributed by atoms with Crippen LogP contribution in [0.1, 0.15) is 40.9 Å². The Morgan fingerprint density at radius 1 is 1.33 bits per heavy atom. The first kappa shape index (κ1) is 16.7. The number of aromatic nitrogens is 2. The van der Waals surface area contributed by atoms with E-state index in [4.69, 9.17) is 0 Å². The first-order chi connectivity index (χ1) is 11.3. The number of rotatable bonds is 4. The van der Waals surface area contributed by atoms with E-state index in [2.05, 4.69) is 10.4 Å². The van der Waals surface area contributed by atoms with Crippen molar-refractivity contribution in [3.63, 3.8) is 0 Å². The predicted octanol–water partition coefficient (Wildman–Crippen LogP) is 2.15. The highest BCUT2D eigenvalue weighted by Gasteiger charge is 2.41. The van der Waals surface area contributed by atoms with E-state index >= 15 is 0 Å². The molecule has 0 radical (unpaired) electrons. The van der Waals surface area contributed by atoms with E-state index in [1.54, 1.807) is 24.8 Å². The molecule has 1 fully saturated rings. The number of aryl methyl sites for hydroxylation is 2. The van der Waals surface area contributed by atoms with Crippen LogP contribution in [0.25, 0.3) is 0 Å². The molecule has 7 heteroatoms. The number of likely N-dealkylation sites (tertiary alicyclic amines) is 1. The Kier molecular flexibility index (Phi) is 4.21. The lowest BCUT2D eigenvalue weighted by Gasteiger charge is -2.43. The van der Waals surface area contributed by atoms with Crippen LogP contribution in [0.15, 0.2) is 23.6 Å². The number of amides is 2. The summed E-state index contributed by atoms with van der Waals surface area (Å²) in [6.07, 6.45) is 0. The normalized spacial score (nSPS) is 15.2. The Hall–Kier alpha value is -2.15. The first-order valence-corrected chi connectivity index (χ1v) is 8.84. The summed E-state index contributed by atoms with van der Waals surface area (Å²) in [6.45, 7) is 8.73. The maximum atomic E-state index is 12.7. The highest BCUT2D eigenvalue weighted by molar-refractivity contribution is 7.12. The van der Waals surface area contributed by atoms with Crippen LogP contribution in [-0.4, -0.2) is 45.1 Å². The molecule has 1 aliphatic rings. The zero-order valence-electron chi connectivity index (χ0n) is 14.4. The molecule has 0 saturated carbocycles. The molecule has 0 bridgehead atoms. The second-order valence-electron chi connectivity index (χ2n) is 6.79. The number of nitrogens with one attached hydrogen (secondary N) is 1. The van der Waals surface area contributed by atoms with Gasteiger partial charge in [-0.05, 0) is 45.2 Å². The lowest BCUT2D eigenvalue weighted by Crippen LogP contribution is -2.61. The van der Waals surface area contributed by atoms with Gasteiger partial charge in [0.2, 0.25) is 5.91 Å². The Balaban J connectivity index is 1.60. The van der Waals surface area contributed by atoms with Crippen molar-refractivity contribution in [2.45, 2.75) is 39.3 Å². The molecule has 2 aromatic rings. The molecular weight excluding hydrogens is 324 g/mol. The summed E-state index contributed by atoms with van der Waals surface area (Å²) < 4.78 is 1.98. The average Bonchev–Trinajstić information content (AvgIpc) is 3.07. The van der Waals surface area contributed by atoms with Gasteiger partial charge in [-0.25, -0.2) is 0 Å². The second kappa shape index (κ2) is 6.05. The molecule has 128 valence electrons. The molecule has 3 rings (SSSR count). The van der Waals surface area contributed by atoms with Crippen molar-refractivity contribution in [3.8, 4) is 0 Å². The molecule has 0 unspecified atom stereocenters. The van der Waals surface area contributed by atoms with Crippen molar-refractivity contribution in [2.75, 3.05) is 13.1 Å². The monoisotopic (exact) mass is 346 g/mol. The summed E-state index contributed by atoms with van der Waals surface area (Å²) in [6, 6.07) is 5.83. The van der Waals surface area contributed by atoms with Crippen molar-refractivity contribution < 1.29 is 9.59 Å². The van der Waals surface area contributed by atoms with E-state index in [1.165, 1.54) is 11.3 Å². The van der Waals surface area contributed by atoms with Gasteiger partial charge in [0.15, 0.2) is 0 Å². The number of nitrogens with zero attached hydrogens (tertiary/aromatic N) is 3. The highest BCUT2D eigenvalue weighted by Crippen LogP contribution is 2.25. The lowest BCUT2D eigenvalue weighted by atomic mass is 9.99. The SMILES string of the molecule is Cc1cc(C)n(C2CN(C(=O)C(C)(C)NC(=O)c3cccs3)C2)n1. The molecule has 6 nitrogen and oxygen atoms in total. The van der Waals surface area contributed by atoms with Gasteiger partial charge in [-0.15, -0.1) is 11.3 Å². The summed E-state index contributed by atoms with van der Waals surface area (Å²) in [5, 5.41) is 9.16. The largest absolute Gasteiger partial charge is 0.337 e. The van der Waals surface area contributed by atoms with Crippen LogP contribution in [0.5, 0.6) is 0 Å². The third-order valence-electron chi connectivity index (χ3n) is 4.25. The molecule has 2 aromatic heterocycles. The number of hydrogen-bond donors (Lipinski definition) is 1. The van der Waals surface area contributed by atoms with Crippen molar-refractivity contribution in [2.24, 2.45) is 0 Å². The van der Waals surface area contributed by atoms with Crippen molar-refractivity contribution in [3.05, 3.63) is 39.8 Å². The number of hydrogen-bond acceptors (Lipinski definition) is 4. The maximum Gasteiger partial charge on any atom is 0.262 e. The smallest absolute Gasteiger partial charge is 0.262 e. The fraction of sp³-hybridized carbons (Fsp3) is 0.471. The number of carbonyl (C=O) groups is 2. The van der Waals surface area contributed by atoms with Crippen LogP contribution in [0, 0.1) is 13.8 Å². The molecule has 24 heavy (non-hydrogen) atoms. The summed E-state index contributed by atoms with van der Waals surface area (Å²) >= 11 is 1.36. The molecule has 1 saturated heterocycles. The average molecular weight is 346 g/mol. The molecule has 1 aliphatic heterocycles. The van der Waals surface area contributed by atoms with E-state index in [1.807, 2.05) is 36.0 Å². The maximum absolute atomic E-state index is 12.7. The van der Waals surface area contributed by atoms with Gasteiger partial charge in [0, 0.05) is 18.8 Å². The minimum Gasteiger partial charge on any atom is -0.337 e. The van der Waals surface area contributed by atoms with E-state index in [-0.39, 0.29) is 17.9 Å². The Labute approximate surface area is 145 Å². The topological polar surface area (TPSA) is 67.2 Å². The Morgan fingerprint density at radius 3 is 2.58 bits per heavy atom. The zero-order valence-corrected chi connectivity index (χ0v) is 15.2. The third-order valence-corrected chi connectivity index (χ3v) is 5.11. The van der Waals surface area contributed by atoms with Crippen molar-refractivity contribution in [1.82, 2.24) is 20.0 Å². The summed E-state index contributed by atoms with van der Waals surface area (Å²) in [7, 11) is 0. The molecule has 0 aliphatic carbocycles. The van der Waals surface area contributed by atoms with E-state index in [9.17, 15) is 9.59 Å². The summed E-state index contributed by atoms with van der Waals surface area (Å²) in [5.41, 5.74) is 1.16. The number of carbonyl (C=O) groups excluding carboxylic acids is 2. The van der Waals surface area contributed by atoms with Crippen molar-refractivity contribution >= 4 is 23.2 Å². The van der Waals surface area contributed by atoms with Crippen LogP contribution >= 0.6 is 11.3 Å². The van der Waals surface area contributed by atoms with Crippen LogP contribution in [0.2, 0.25) is 0 Å². The van der Waals surface area contributed by atoms with E-state index in [0.29, 0.717) is 18.0 Å². The van der Waals surface area contributed by atoms with E-state index < -0.39 is 5.54 Å². The van der Waals surface area contributed by atoms with Crippen LogP contribution in [0.3, 0.4) is 0 Å².